The Labute approximate surface area is 189 Å². The van der Waals surface area contributed by atoms with Gasteiger partial charge in [0.25, 0.3) is 0 Å². The van der Waals surface area contributed by atoms with Crippen molar-refractivity contribution in [2.24, 2.45) is 0 Å². The minimum absolute atomic E-state index is 0.162. The average molecular weight is 431 g/mol. The number of nitrogens with zero attached hydrogens (tertiary/aromatic N) is 1. The van der Waals surface area contributed by atoms with Crippen LogP contribution in [0.1, 0.15) is 6.92 Å². The number of hydrogen-bond acceptors (Lipinski definition) is 3. The maximum atomic E-state index is 10.5. The van der Waals surface area contributed by atoms with E-state index in [1.165, 1.54) is 34.0 Å². The van der Waals surface area contributed by atoms with Gasteiger partial charge in [-0.05, 0) is 25.1 Å². The van der Waals surface area contributed by atoms with Crippen molar-refractivity contribution in [2.45, 2.75) is 6.92 Å². The molecular weight excluding hydrogens is 400 g/mol. The number of carbonyl (C=O) groups excluding carboxylic acids is 2. The van der Waals surface area contributed by atoms with Gasteiger partial charge in [0.1, 0.15) is 6.61 Å². The molecule has 0 aliphatic heterocycles. The lowest BCUT2D eigenvalue weighted by atomic mass is 10.2. The predicted octanol–water partition coefficient (Wildman–Crippen LogP) is 5.66. The van der Waals surface area contributed by atoms with Crippen LogP contribution in [-0.4, -0.2) is 29.6 Å². The molecule has 1 heterocycles. The molecular formula is C27H30N2O3. The molecule has 0 radical (unpaired) electrons. The Bertz CT molecular complexity index is 1070. The quantitative estimate of drug-likeness (QED) is 0.299. The van der Waals surface area contributed by atoms with E-state index in [4.69, 9.17) is 0 Å². The number of benzene rings is 2. The molecule has 1 N–H and O–H groups in total. The van der Waals surface area contributed by atoms with Crippen molar-refractivity contribution in [3.05, 3.63) is 105 Å². The zero-order valence-electron chi connectivity index (χ0n) is 18.5. The standard InChI is InChI=1S/C14H11N.C7H10O2.C6H9NO/c1-2-15-13-9-5-3-7-11(13)12-8-4-6-10-14(12)15;1-4-5-9-7(8)6(2)3;1-3-5-7-6(8)4-2/h2-10H,1H2;4H,1-2,5H2,3H3;3-4H,1-2,5H2,(H,7,8). The molecule has 0 fully saturated rings. The van der Waals surface area contributed by atoms with Gasteiger partial charge in [-0.15, -0.1) is 6.58 Å². The summed E-state index contributed by atoms with van der Waals surface area (Å²) in [5, 5.41) is 5.08. The number of fused-ring (bicyclic) bond motifs is 3. The molecule has 5 heteroatoms. The van der Waals surface area contributed by atoms with Gasteiger partial charge in [-0.3, -0.25) is 4.79 Å². The number of ether oxygens (including phenoxy) is 1. The number of aromatic nitrogens is 1. The largest absolute Gasteiger partial charge is 0.458 e. The van der Waals surface area contributed by atoms with Crippen LogP contribution in [0.2, 0.25) is 0 Å². The van der Waals surface area contributed by atoms with Crippen molar-refractivity contribution in [1.29, 1.82) is 0 Å². The van der Waals surface area contributed by atoms with Gasteiger partial charge >= 0.3 is 5.97 Å². The van der Waals surface area contributed by atoms with Gasteiger partial charge in [0.15, 0.2) is 0 Å². The van der Waals surface area contributed by atoms with Crippen molar-refractivity contribution >= 4 is 39.9 Å². The summed E-state index contributed by atoms with van der Waals surface area (Å²) in [6, 6.07) is 16.8. The van der Waals surface area contributed by atoms with E-state index < -0.39 is 0 Å². The van der Waals surface area contributed by atoms with E-state index in [0.717, 1.165) is 0 Å². The molecule has 32 heavy (non-hydrogen) atoms. The fourth-order valence-electron chi connectivity index (χ4n) is 2.65. The summed E-state index contributed by atoms with van der Waals surface area (Å²) in [6.45, 7) is 19.7. The molecule has 0 aliphatic rings. The number of nitrogens with one attached hydrogen (secondary N) is 1. The molecule has 0 aliphatic carbocycles. The van der Waals surface area contributed by atoms with Crippen LogP contribution in [0, 0.1) is 0 Å². The highest BCUT2D eigenvalue weighted by Gasteiger charge is 2.06. The van der Waals surface area contributed by atoms with Crippen LogP contribution in [0.15, 0.2) is 105 Å². The molecule has 1 amide bonds. The Kier molecular flexibility index (Phi) is 11.3. The second-order valence-electron chi connectivity index (χ2n) is 6.49. The van der Waals surface area contributed by atoms with Crippen LogP contribution in [-0.2, 0) is 14.3 Å². The summed E-state index contributed by atoms with van der Waals surface area (Å²) in [4.78, 5) is 20.8. The van der Waals surface area contributed by atoms with Crippen LogP contribution >= 0.6 is 0 Å². The third kappa shape index (κ3) is 7.61. The minimum atomic E-state index is -0.366. The molecule has 0 unspecified atom stereocenters. The molecule has 0 bridgehead atoms. The highest BCUT2D eigenvalue weighted by Crippen LogP contribution is 2.28. The number of para-hydroxylation sites is 2. The van der Waals surface area contributed by atoms with Crippen molar-refractivity contribution in [1.82, 2.24) is 9.88 Å². The summed E-state index contributed by atoms with van der Waals surface area (Å²) < 4.78 is 6.73. The number of hydrogen-bond donors (Lipinski definition) is 1. The maximum absolute atomic E-state index is 10.5. The first-order chi connectivity index (χ1) is 15.4. The molecule has 166 valence electrons. The Balaban J connectivity index is 0.000000262. The summed E-state index contributed by atoms with van der Waals surface area (Å²) >= 11 is 0. The van der Waals surface area contributed by atoms with Crippen molar-refractivity contribution in [3.8, 4) is 0 Å². The lowest BCUT2D eigenvalue weighted by Crippen LogP contribution is -2.19. The van der Waals surface area contributed by atoms with Gasteiger partial charge in [-0.25, -0.2) is 4.79 Å². The first kappa shape index (κ1) is 25.9. The van der Waals surface area contributed by atoms with E-state index in [-0.39, 0.29) is 18.5 Å². The van der Waals surface area contributed by atoms with Gasteiger partial charge in [-0.1, -0.05) is 74.9 Å². The number of carbonyl (C=O) groups is 2. The van der Waals surface area contributed by atoms with E-state index in [9.17, 15) is 9.59 Å². The molecule has 0 atom stereocenters. The zero-order valence-corrected chi connectivity index (χ0v) is 18.5. The molecule has 0 spiro atoms. The van der Waals surface area contributed by atoms with Gasteiger partial charge in [0, 0.05) is 29.1 Å². The maximum Gasteiger partial charge on any atom is 0.333 e. The summed E-state index contributed by atoms with van der Waals surface area (Å²) in [6.07, 6.45) is 6.22. The van der Waals surface area contributed by atoms with Gasteiger partial charge in [-0.2, -0.15) is 0 Å². The third-order valence-electron chi connectivity index (χ3n) is 4.09. The molecule has 0 saturated heterocycles. The fourth-order valence-corrected chi connectivity index (χ4v) is 2.65. The summed E-state index contributed by atoms with van der Waals surface area (Å²) in [5.41, 5.74) is 2.85. The summed E-state index contributed by atoms with van der Waals surface area (Å²) in [5.74, 6) is -0.528. The average Bonchev–Trinajstić information content (AvgIpc) is 3.15. The normalized spacial score (nSPS) is 9.28. The van der Waals surface area contributed by atoms with E-state index >= 15 is 0 Å². The minimum Gasteiger partial charge on any atom is -0.458 e. The molecule has 3 aromatic rings. The first-order valence-corrected chi connectivity index (χ1v) is 9.96. The van der Waals surface area contributed by atoms with Gasteiger partial charge < -0.3 is 14.6 Å². The van der Waals surface area contributed by atoms with Gasteiger partial charge in [0.05, 0.1) is 11.0 Å². The number of amides is 1. The monoisotopic (exact) mass is 430 g/mol. The third-order valence-corrected chi connectivity index (χ3v) is 4.09. The molecule has 2 aromatic carbocycles. The lowest BCUT2D eigenvalue weighted by molar-refractivity contribution is -0.137. The van der Waals surface area contributed by atoms with Crippen LogP contribution in [0.5, 0.6) is 0 Å². The second-order valence-corrected chi connectivity index (χ2v) is 6.49. The van der Waals surface area contributed by atoms with Gasteiger partial charge in [0.2, 0.25) is 5.91 Å². The van der Waals surface area contributed by atoms with E-state index in [2.05, 4.69) is 96.0 Å². The van der Waals surface area contributed by atoms with E-state index in [1.54, 1.807) is 13.0 Å². The lowest BCUT2D eigenvalue weighted by Gasteiger charge is -1.97. The van der Waals surface area contributed by atoms with Crippen LogP contribution in [0.3, 0.4) is 0 Å². The van der Waals surface area contributed by atoms with Crippen LogP contribution in [0.4, 0.5) is 0 Å². The fraction of sp³-hybridized carbons (Fsp3) is 0.111. The summed E-state index contributed by atoms with van der Waals surface area (Å²) in [7, 11) is 0. The Hall–Kier alpha value is -4.12. The van der Waals surface area contributed by atoms with Crippen molar-refractivity contribution < 1.29 is 14.3 Å². The predicted molar refractivity (Wildman–Crippen MR) is 135 cm³/mol. The first-order valence-electron chi connectivity index (χ1n) is 9.96. The van der Waals surface area contributed by atoms with Crippen LogP contribution < -0.4 is 5.32 Å². The highest BCUT2D eigenvalue weighted by atomic mass is 16.5. The van der Waals surface area contributed by atoms with E-state index in [1.807, 2.05) is 6.20 Å². The Morgan fingerprint density at radius 2 is 1.47 bits per heavy atom. The Morgan fingerprint density at radius 3 is 1.88 bits per heavy atom. The zero-order chi connectivity index (χ0) is 23.9. The van der Waals surface area contributed by atoms with Crippen LogP contribution in [0.25, 0.3) is 28.0 Å². The van der Waals surface area contributed by atoms with Crippen molar-refractivity contribution in [2.75, 3.05) is 13.2 Å². The number of esters is 1. The number of rotatable bonds is 7. The molecule has 5 nitrogen and oxygen atoms in total. The highest BCUT2D eigenvalue weighted by molar-refractivity contribution is 6.09. The van der Waals surface area contributed by atoms with Crippen molar-refractivity contribution in [3.63, 3.8) is 0 Å². The SMILES string of the molecule is C=CCNC(=O)C=C.C=CCOC(=O)C(=C)C.C=Cn1c2ccccc2c2ccccc21. The Morgan fingerprint density at radius 1 is 0.938 bits per heavy atom. The second kappa shape index (κ2) is 14.0. The molecule has 0 saturated carbocycles. The smallest absolute Gasteiger partial charge is 0.333 e. The van der Waals surface area contributed by atoms with E-state index in [0.29, 0.717) is 12.1 Å². The topological polar surface area (TPSA) is 60.3 Å². The molecule has 1 aromatic heterocycles. The molecule has 3 rings (SSSR count).